The van der Waals surface area contributed by atoms with E-state index in [1.165, 1.54) is 6.07 Å². The Bertz CT molecular complexity index is 576. The molecule has 0 unspecified atom stereocenters. The third-order valence-corrected chi connectivity index (χ3v) is 3.12. The molecular weight excluding hydrogens is 451 g/mol. The van der Waals surface area contributed by atoms with Crippen LogP contribution in [0.3, 0.4) is 0 Å². The van der Waals surface area contributed by atoms with Crippen molar-refractivity contribution in [2.24, 2.45) is 4.99 Å². The van der Waals surface area contributed by atoms with Crippen LogP contribution in [0.25, 0.3) is 0 Å². The molecule has 0 spiro atoms. The van der Waals surface area contributed by atoms with Crippen molar-refractivity contribution in [3.05, 3.63) is 17.7 Å². The standard InChI is InChI=1S/C15H21F2N3O4.HI/c1-3-18-15(19-4-5-21-2)20-8-10-6-12-13(23-9-22-12)7-11(10)24-14(16)17;/h6-7,14H,3-5,8-9H2,1-2H3,(H2,18,19,20);1H. The number of hydrogen-bond acceptors (Lipinski definition) is 5. The predicted molar refractivity (Wildman–Crippen MR) is 99.3 cm³/mol. The number of alkyl halides is 2. The summed E-state index contributed by atoms with van der Waals surface area (Å²) in [5, 5.41) is 6.14. The number of ether oxygens (including phenoxy) is 4. The van der Waals surface area contributed by atoms with Crippen molar-refractivity contribution in [1.82, 2.24) is 10.6 Å². The fourth-order valence-electron chi connectivity index (χ4n) is 2.07. The first-order chi connectivity index (χ1) is 11.6. The lowest BCUT2D eigenvalue weighted by Gasteiger charge is -2.13. The molecule has 0 fully saturated rings. The Morgan fingerprint density at radius 1 is 1.28 bits per heavy atom. The second kappa shape index (κ2) is 11.1. The molecule has 7 nitrogen and oxygen atoms in total. The quantitative estimate of drug-likeness (QED) is 0.262. The van der Waals surface area contributed by atoms with E-state index in [1.807, 2.05) is 6.92 Å². The van der Waals surface area contributed by atoms with Gasteiger partial charge in [-0.3, -0.25) is 0 Å². The zero-order chi connectivity index (χ0) is 17.4. The summed E-state index contributed by atoms with van der Waals surface area (Å²) in [6.45, 7) is 0.956. The van der Waals surface area contributed by atoms with Crippen LogP contribution >= 0.6 is 24.0 Å². The molecule has 25 heavy (non-hydrogen) atoms. The van der Waals surface area contributed by atoms with Crippen LogP contribution in [-0.4, -0.2) is 46.2 Å². The first-order valence-corrected chi connectivity index (χ1v) is 7.52. The molecule has 1 aromatic rings. The third kappa shape index (κ3) is 6.69. The first-order valence-electron chi connectivity index (χ1n) is 7.52. The van der Waals surface area contributed by atoms with Crippen LogP contribution in [0.5, 0.6) is 17.2 Å². The van der Waals surface area contributed by atoms with Gasteiger partial charge in [-0.1, -0.05) is 0 Å². The predicted octanol–water partition coefficient (Wildman–Crippen LogP) is 2.34. The van der Waals surface area contributed by atoms with E-state index in [0.717, 1.165) is 0 Å². The molecule has 142 valence electrons. The SMILES string of the molecule is CCNC(=NCc1cc2c(cc1OC(F)F)OCO2)NCCOC.I. The van der Waals surface area contributed by atoms with E-state index in [9.17, 15) is 8.78 Å². The van der Waals surface area contributed by atoms with Gasteiger partial charge in [0.2, 0.25) is 6.79 Å². The summed E-state index contributed by atoms with van der Waals surface area (Å²) in [4.78, 5) is 4.37. The molecule has 1 aliphatic rings. The molecule has 0 amide bonds. The maximum absolute atomic E-state index is 12.6. The van der Waals surface area contributed by atoms with Crippen molar-refractivity contribution < 1.29 is 27.7 Å². The molecule has 0 radical (unpaired) electrons. The van der Waals surface area contributed by atoms with Crippen LogP contribution in [0.4, 0.5) is 8.78 Å². The zero-order valence-corrected chi connectivity index (χ0v) is 16.3. The minimum atomic E-state index is -2.93. The van der Waals surface area contributed by atoms with E-state index in [0.29, 0.717) is 42.7 Å². The van der Waals surface area contributed by atoms with Gasteiger partial charge in [0.05, 0.1) is 13.2 Å². The second-order valence-corrected chi connectivity index (χ2v) is 4.81. The molecule has 1 heterocycles. The number of halogens is 3. The highest BCUT2D eigenvalue weighted by Gasteiger charge is 2.20. The minimum absolute atomic E-state index is 0. The van der Waals surface area contributed by atoms with Crippen LogP contribution in [0.1, 0.15) is 12.5 Å². The normalized spacial score (nSPS) is 12.8. The van der Waals surface area contributed by atoms with Gasteiger partial charge in [0, 0.05) is 31.8 Å². The fourth-order valence-corrected chi connectivity index (χ4v) is 2.07. The summed E-state index contributed by atoms with van der Waals surface area (Å²) in [6, 6.07) is 2.99. The van der Waals surface area contributed by atoms with Crippen molar-refractivity contribution in [2.45, 2.75) is 20.1 Å². The number of nitrogens with zero attached hydrogens (tertiary/aromatic N) is 1. The van der Waals surface area contributed by atoms with Crippen molar-refractivity contribution in [2.75, 3.05) is 33.6 Å². The van der Waals surface area contributed by atoms with Crippen molar-refractivity contribution in [1.29, 1.82) is 0 Å². The van der Waals surface area contributed by atoms with E-state index in [-0.39, 0.29) is 43.1 Å². The Morgan fingerprint density at radius 3 is 2.64 bits per heavy atom. The topological polar surface area (TPSA) is 73.3 Å². The molecule has 0 saturated heterocycles. The van der Waals surface area contributed by atoms with Crippen LogP contribution in [0.15, 0.2) is 17.1 Å². The molecule has 2 N–H and O–H groups in total. The van der Waals surface area contributed by atoms with E-state index >= 15 is 0 Å². The van der Waals surface area contributed by atoms with Gasteiger partial charge in [-0.15, -0.1) is 24.0 Å². The average Bonchev–Trinajstić information content (AvgIpc) is 2.99. The number of methoxy groups -OCH3 is 1. The van der Waals surface area contributed by atoms with Gasteiger partial charge < -0.3 is 29.6 Å². The Labute approximate surface area is 162 Å². The summed E-state index contributed by atoms with van der Waals surface area (Å²) in [5.41, 5.74) is 0.475. The fraction of sp³-hybridized carbons (Fsp3) is 0.533. The Balaban J connectivity index is 0.00000312. The molecule has 0 atom stereocenters. The van der Waals surface area contributed by atoms with E-state index < -0.39 is 6.61 Å². The van der Waals surface area contributed by atoms with E-state index in [2.05, 4.69) is 20.4 Å². The van der Waals surface area contributed by atoms with Gasteiger partial charge in [0.15, 0.2) is 17.5 Å². The summed E-state index contributed by atoms with van der Waals surface area (Å²) in [6.07, 6.45) is 0. The van der Waals surface area contributed by atoms with Crippen molar-refractivity contribution >= 4 is 29.9 Å². The van der Waals surface area contributed by atoms with Gasteiger partial charge in [0.1, 0.15) is 5.75 Å². The molecule has 10 heteroatoms. The molecule has 0 bridgehead atoms. The summed E-state index contributed by atoms with van der Waals surface area (Å²) >= 11 is 0. The third-order valence-electron chi connectivity index (χ3n) is 3.12. The minimum Gasteiger partial charge on any atom is -0.454 e. The number of nitrogens with one attached hydrogen (secondary N) is 2. The largest absolute Gasteiger partial charge is 0.454 e. The van der Waals surface area contributed by atoms with Crippen molar-refractivity contribution in [3.8, 4) is 17.2 Å². The van der Waals surface area contributed by atoms with Crippen LogP contribution < -0.4 is 24.8 Å². The molecular formula is C15H22F2IN3O4. The molecule has 2 rings (SSSR count). The second-order valence-electron chi connectivity index (χ2n) is 4.81. The summed E-state index contributed by atoms with van der Waals surface area (Å²) in [7, 11) is 1.60. The highest BCUT2D eigenvalue weighted by Crippen LogP contribution is 2.38. The maximum atomic E-state index is 12.6. The molecule has 1 aliphatic heterocycles. The highest BCUT2D eigenvalue weighted by atomic mass is 127. The van der Waals surface area contributed by atoms with E-state index in [1.54, 1.807) is 13.2 Å². The van der Waals surface area contributed by atoms with Gasteiger partial charge >= 0.3 is 6.61 Å². The van der Waals surface area contributed by atoms with Gasteiger partial charge in [0.25, 0.3) is 0 Å². The van der Waals surface area contributed by atoms with Crippen LogP contribution in [0.2, 0.25) is 0 Å². The molecule has 1 aromatic carbocycles. The van der Waals surface area contributed by atoms with Gasteiger partial charge in [-0.25, -0.2) is 4.99 Å². The Kier molecular flexibility index (Phi) is 9.57. The maximum Gasteiger partial charge on any atom is 0.387 e. The number of guanidine groups is 1. The van der Waals surface area contributed by atoms with Gasteiger partial charge in [-0.05, 0) is 13.0 Å². The van der Waals surface area contributed by atoms with Crippen LogP contribution in [0, 0.1) is 0 Å². The Hall–Kier alpha value is -1.56. The number of benzene rings is 1. The van der Waals surface area contributed by atoms with E-state index in [4.69, 9.17) is 14.2 Å². The number of hydrogen-bond donors (Lipinski definition) is 2. The lowest BCUT2D eigenvalue weighted by molar-refractivity contribution is -0.0505. The molecule has 0 aliphatic carbocycles. The highest BCUT2D eigenvalue weighted by molar-refractivity contribution is 14.0. The molecule has 0 saturated carbocycles. The lowest BCUT2D eigenvalue weighted by Crippen LogP contribution is -2.38. The summed E-state index contributed by atoms with van der Waals surface area (Å²) in [5.74, 6) is 1.43. The summed E-state index contributed by atoms with van der Waals surface area (Å²) < 4.78 is 45.2. The smallest absolute Gasteiger partial charge is 0.387 e. The number of aliphatic imine (C=N–C) groups is 1. The zero-order valence-electron chi connectivity index (χ0n) is 14.0. The first kappa shape index (κ1) is 21.5. The average molecular weight is 473 g/mol. The number of fused-ring (bicyclic) bond motifs is 1. The monoisotopic (exact) mass is 473 g/mol. The number of rotatable bonds is 8. The lowest BCUT2D eigenvalue weighted by atomic mass is 10.1. The van der Waals surface area contributed by atoms with Crippen LogP contribution in [-0.2, 0) is 11.3 Å². The Morgan fingerprint density at radius 2 is 2.00 bits per heavy atom. The van der Waals surface area contributed by atoms with Gasteiger partial charge in [-0.2, -0.15) is 8.78 Å². The molecule has 0 aromatic heterocycles. The van der Waals surface area contributed by atoms with Crippen molar-refractivity contribution in [3.63, 3.8) is 0 Å².